The zero-order chi connectivity index (χ0) is 16.2. The van der Waals surface area contributed by atoms with E-state index < -0.39 is 17.7 Å². The van der Waals surface area contributed by atoms with E-state index in [0.29, 0.717) is 17.9 Å². The highest BCUT2D eigenvalue weighted by Crippen LogP contribution is 2.25. The summed E-state index contributed by atoms with van der Waals surface area (Å²) in [7, 11) is 0. The average molecular weight is 304 g/mol. The first-order valence-electron chi connectivity index (χ1n) is 7.32. The van der Waals surface area contributed by atoms with Crippen molar-refractivity contribution in [1.82, 2.24) is 0 Å². The van der Waals surface area contributed by atoms with Gasteiger partial charge in [0.25, 0.3) is 5.79 Å². The third-order valence-corrected chi connectivity index (χ3v) is 3.05. The van der Waals surface area contributed by atoms with Crippen LogP contribution in [0.2, 0.25) is 0 Å². The molecule has 0 unspecified atom stereocenters. The molecule has 1 fully saturated rings. The molecule has 1 saturated heterocycles. The predicted molar refractivity (Wildman–Crippen MR) is 81.1 cm³/mol. The summed E-state index contributed by atoms with van der Waals surface area (Å²) < 4.78 is 15.7. The van der Waals surface area contributed by atoms with Crippen LogP contribution in [0.15, 0.2) is 29.8 Å². The summed E-state index contributed by atoms with van der Waals surface area (Å²) in [5.41, 5.74) is 0.558. The van der Waals surface area contributed by atoms with Crippen molar-refractivity contribution in [2.24, 2.45) is 0 Å². The summed E-state index contributed by atoms with van der Waals surface area (Å²) in [6.07, 6.45) is 3.48. The second kappa shape index (κ2) is 6.64. The van der Waals surface area contributed by atoms with Crippen molar-refractivity contribution < 1.29 is 23.8 Å². The van der Waals surface area contributed by atoms with E-state index in [2.05, 4.69) is 6.92 Å². The largest absolute Gasteiger partial charge is 0.494 e. The molecule has 0 N–H and O–H groups in total. The van der Waals surface area contributed by atoms with Gasteiger partial charge in [0.15, 0.2) is 0 Å². The molecule has 0 aromatic heterocycles. The highest BCUT2D eigenvalue weighted by molar-refractivity contribution is 6.18. The molecule has 1 heterocycles. The van der Waals surface area contributed by atoms with E-state index in [4.69, 9.17) is 14.2 Å². The molecule has 0 atom stereocenters. The Labute approximate surface area is 129 Å². The Morgan fingerprint density at radius 2 is 1.86 bits per heavy atom. The van der Waals surface area contributed by atoms with Crippen LogP contribution in [0.4, 0.5) is 0 Å². The van der Waals surface area contributed by atoms with Crippen LogP contribution >= 0.6 is 0 Å². The van der Waals surface area contributed by atoms with Gasteiger partial charge in [-0.15, -0.1) is 0 Å². The summed E-state index contributed by atoms with van der Waals surface area (Å²) in [5.74, 6) is -1.89. The van der Waals surface area contributed by atoms with Gasteiger partial charge in [0.2, 0.25) is 0 Å². The van der Waals surface area contributed by atoms with Gasteiger partial charge < -0.3 is 14.2 Å². The lowest BCUT2D eigenvalue weighted by Crippen LogP contribution is -2.41. The van der Waals surface area contributed by atoms with Crippen LogP contribution in [0.5, 0.6) is 5.75 Å². The third kappa shape index (κ3) is 4.10. The van der Waals surface area contributed by atoms with Gasteiger partial charge in [-0.05, 0) is 30.2 Å². The molecule has 0 saturated carbocycles. The Bertz CT molecular complexity index is 579. The molecule has 1 aromatic rings. The first-order valence-corrected chi connectivity index (χ1v) is 7.32. The second-order valence-corrected chi connectivity index (χ2v) is 5.51. The second-order valence-electron chi connectivity index (χ2n) is 5.51. The Kier molecular flexibility index (Phi) is 4.85. The Balaban J connectivity index is 2.16. The normalized spacial score (nSPS) is 16.8. The van der Waals surface area contributed by atoms with Crippen LogP contribution in [0.1, 0.15) is 39.2 Å². The number of hydrogen-bond acceptors (Lipinski definition) is 5. The van der Waals surface area contributed by atoms with Crippen LogP contribution in [-0.2, 0) is 19.1 Å². The monoisotopic (exact) mass is 304 g/mol. The van der Waals surface area contributed by atoms with Crippen molar-refractivity contribution in [1.29, 1.82) is 0 Å². The van der Waals surface area contributed by atoms with Gasteiger partial charge in [-0.1, -0.05) is 25.5 Å². The van der Waals surface area contributed by atoms with Gasteiger partial charge in [-0.3, -0.25) is 0 Å². The Morgan fingerprint density at radius 1 is 1.18 bits per heavy atom. The first kappa shape index (κ1) is 16.1. The summed E-state index contributed by atoms with van der Waals surface area (Å²) >= 11 is 0. The van der Waals surface area contributed by atoms with Gasteiger partial charge in [0.1, 0.15) is 11.3 Å². The summed E-state index contributed by atoms with van der Waals surface area (Å²) in [6.45, 7) is 5.75. The summed E-state index contributed by atoms with van der Waals surface area (Å²) in [6, 6.07) is 7.18. The molecule has 22 heavy (non-hydrogen) atoms. The molecule has 5 heteroatoms. The number of carbonyl (C=O) groups excluding carboxylic acids is 2. The van der Waals surface area contributed by atoms with E-state index in [1.807, 2.05) is 6.07 Å². The molecule has 118 valence electrons. The molecule has 0 bridgehead atoms. The lowest BCUT2D eigenvalue weighted by Gasteiger charge is -2.29. The predicted octanol–water partition coefficient (Wildman–Crippen LogP) is 3.09. The van der Waals surface area contributed by atoms with Gasteiger partial charge in [-0.25, -0.2) is 9.59 Å². The maximum absolute atomic E-state index is 11.9. The van der Waals surface area contributed by atoms with Crippen molar-refractivity contribution in [3.05, 3.63) is 35.4 Å². The van der Waals surface area contributed by atoms with E-state index in [-0.39, 0.29) is 5.57 Å². The zero-order valence-corrected chi connectivity index (χ0v) is 13.0. The number of carbonyl (C=O) groups is 2. The lowest BCUT2D eigenvalue weighted by atomic mass is 10.1. The highest BCUT2D eigenvalue weighted by atomic mass is 16.7. The molecule has 0 aliphatic carbocycles. The number of hydrogen-bond donors (Lipinski definition) is 0. The van der Waals surface area contributed by atoms with Crippen molar-refractivity contribution in [3.63, 3.8) is 0 Å². The molecule has 5 nitrogen and oxygen atoms in total. The molecule has 1 aliphatic heterocycles. The molecule has 2 rings (SSSR count). The summed E-state index contributed by atoms with van der Waals surface area (Å²) in [4.78, 5) is 23.8. The molecule has 0 radical (unpaired) electrons. The van der Waals surface area contributed by atoms with Crippen LogP contribution in [0.25, 0.3) is 6.08 Å². The smallest absolute Gasteiger partial charge is 0.348 e. The van der Waals surface area contributed by atoms with Gasteiger partial charge in [0, 0.05) is 13.8 Å². The van der Waals surface area contributed by atoms with Crippen molar-refractivity contribution in [2.45, 2.75) is 39.4 Å². The van der Waals surface area contributed by atoms with E-state index in [1.54, 1.807) is 18.2 Å². The van der Waals surface area contributed by atoms with Gasteiger partial charge in [0.05, 0.1) is 6.61 Å². The van der Waals surface area contributed by atoms with E-state index in [0.717, 1.165) is 12.8 Å². The minimum Gasteiger partial charge on any atom is -0.494 e. The standard InChI is InChI=1S/C17H20O5/c1-4-5-9-20-13-8-6-7-12(10-13)11-14-15(18)21-17(2,3)22-16(14)19/h6-8,10-11H,4-5,9H2,1-3H3. The number of rotatable bonds is 5. The number of benzene rings is 1. The number of ether oxygens (including phenoxy) is 3. The molecule has 0 amide bonds. The molecule has 0 spiro atoms. The fourth-order valence-electron chi connectivity index (χ4n) is 1.97. The summed E-state index contributed by atoms with van der Waals surface area (Å²) in [5, 5.41) is 0. The first-order chi connectivity index (χ1) is 10.4. The third-order valence-electron chi connectivity index (χ3n) is 3.05. The Morgan fingerprint density at radius 3 is 2.50 bits per heavy atom. The average Bonchev–Trinajstić information content (AvgIpc) is 2.43. The molecule has 1 aliphatic rings. The fourth-order valence-corrected chi connectivity index (χ4v) is 1.97. The van der Waals surface area contributed by atoms with Crippen LogP contribution in [-0.4, -0.2) is 24.3 Å². The number of unbranched alkanes of at least 4 members (excludes halogenated alkanes) is 1. The van der Waals surface area contributed by atoms with E-state index in [9.17, 15) is 9.59 Å². The maximum Gasteiger partial charge on any atom is 0.348 e. The molecular formula is C17H20O5. The van der Waals surface area contributed by atoms with Gasteiger partial charge >= 0.3 is 11.9 Å². The highest BCUT2D eigenvalue weighted by Gasteiger charge is 2.38. The van der Waals surface area contributed by atoms with Gasteiger partial charge in [-0.2, -0.15) is 0 Å². The topological polar surface area (TPSA) is 61.8 Å². The van der Waals surface area contributed by atoms with E-state index in [1.165, 1.54) is 19.9 Å². The Hall–Kier alpha value is -2.30. The fraction of sp³-hybridized carbons (Fsp3) is 0.412. The SMILES string of the molecule is CCCCOc1cccc(C=C2C(=O)OC(C)(C)OC2=O)c1. The van der Waals surface area contributed by atoms with Crippen LogP contribution in [0.3, 0.4) is 0 Å². The van der Waals surface area contributed by atoms with Crippen LogP contribution < -0.4 is 4.74 Å². The molecular weight excluding hydrogens is 284 g/mol. The van der Waals surface area contributed by atoms with Crippen molar-refractivity contribution in [3.8, 4) is 5.75 Å². The zero-order valence-electron chi connectivity index (χ0n) is 13.0. The van der Waals surface area contributed by atoms with Crippen molar-refractivity contribution in [2.75, 3.05) is 6.61 Å². The van der Waals surface area contributed by atoms with E-state index >= 15 is 0 Å². The minimum atomic E-state index is -1.23. The lowest BCUT2D eigenvalue weighted by molar-refractivity contribution is -0.222. The molecule has 1 aromatic carbocycles. The number of esters is 2. The minimum absolute atomic E-state index is 0.120. The quantitative estimate of drug-likeness (QED) is 0.362. The maximum atomic E-state index is 11.9. The van der Waals surface area contributed by atoms with Crippen molar-refractivity contribution >= 4 is 18.0 Å². The number of cyclic esters (lactones) is 2. The van der Waals surface area contributed by atoms with Crippen LogP contribution in [0, 0.1) is 0 Å².